The Morgan fingerprint density at radius 2 is 2.10 bits per heavy atom. The highest BCUT2D eigenvalue weighted by atomic mass is 15.2. The molecular formula is C17H25N3. The summed E-state index contributed by atoms with van der Waals surface area (Å²) in [6.07, 6.45) is 2.60. The molecule has 0 amide bonds. The molecule has 3 heteroatoms. The van der Waals surface area contributed by atoms with E-state index in [0.29, 0.717) is 12.0 Å². The van der Waals surface area contributed by atoms with Crippen LogP contribution in [0, 0.1) is 17.2 Å². The van der Waals surface area contributed by atoms with Gasteiger partial charge in [0.25, 0.3) is 0 Å². The zero-order valence-electron chi connectivity index (χ0n) is 12.6. The first-order chi connectivity index (χ1) is 9.67. The van der Waals surface area contributed by atoms with Gasteiger partial charge in [-0.25, -0.2) is 0 Å². The number of hydrogen-bond donors (Lipinski definition) is 1. The highest BCUT2D eigenvalue weighted by molar-refractivity contribution is 5.31. The van der Waals surface area contributed by atoms with Crippen molar-refractivity contribution in [2.24, 2.45) is 5.92 Å². The first-order valence-corrected chi connectivity index (χ1v) is 7.62. The second-order valence-corrected chi connectivity index (χ2v) is 6.19. The van der Waals surface area contributed by atoms with E-state index >= 15 is 0 Å². The number of hydrogen-bond acceptors (Lipinski definition) is 3. The summed E-state index contributed by atoms with van der Waals surface area (Å²) >= 11 is 0. The molecule has 0 saturated carbocycles. The van der Waals surface area contributed by atoms with Crippen LogP contribution in [0.5, 0.6) is 0 Å². The van der Waals surface area contributed by atoms with Gasteiger partial charge < -0.3 is 5.32 Å². The van der Waals surface area contributed by atoms with Crippen molar-refractivity contribution in [1.29, 1.82) is 5.26 Å². The quantitative estimate of drug-likeness (QED) is 0.864. The third-order valence-corrected chi connectivity index (χ3v) is 3.75. The number of nitriles is 1. The molecule has 1 atom stereocenters. The van der Waals surface area contributed by atoms with E-state index in [4.69, 9.17) is 5.26 Å². The fourth-order valence-electron chi connectivity index (χ4n) is 2.89. The molecule has 0 radical (unpaired) electrons. The average Bonchev–Trinajstić information content (AvgIpc) is 2.91. The van der Waals surface area contributed by atoms with E-state index in [1.807, 2.05) is 12.1 Å². The van der Waals surface area contributed by atoms with Gasteiger partial charge in [0.2, 0.25) is 0 Å². The molecule has 0 aliphatic carbocycles. The lowest BCUT2D eigenvalue weighted by atomic mass is 10.1. The van der Waals surface area contributed by atoms with Gasteiger partial charge >= 0.3 is 0 Å². The third kappa shape index (κ3) is 4.63. The molecular weight excluding hydrogens is 246 g/mol. The minimum Gasteiger partial charge on any atom is -0.313 e. The number of nitrogens with zero attached hydrogens (tertiary/aromatic N) is 2. The van der Waals surface area contributed by atoms with Crippen molar-refractivity contribution in [3.8, 4) is 6.07 Å². The molecule has 0 bridgehead atoms. The minimum absolute atomic E-state index is 0.645. The zero-order valence-corrected chi connectivity index (χ0v) is 12.6. The lowest BCUT2D eigenvalue weighted by molar-refractivity contribution is 0.216. The maximum atomic E-state index is 8.85. The van der Waals surface area contributed by atoms with Crippen molar-refractivity contribution in [1.82, 2.24) is 10.2 Å². The average molecular weight is 271 g/mol. The summed E-state index contributed by atoms with van der Waals surface area (Å²) in [5.74, 6) is 0.676. The van der Waals surface area contributed by atoms with Crippen molar-refractivity contribution in [3.05, 3.63) is 35.4 Å². The number of nitrogens with one attached hydrogen (secondary N) is 1. The summed E-state index contributed by atoms with van der Waals surface area (Å²) in [5.41, 5.74) is 2.03. The Kier molecular flexibility index (Phi) is 5.58. The first kappa shape index (κ1) is 15.0. The molecule has 1 aliphatic heterocycles. The monoisotopic (exact) mass is 271 g/mol. The normalized spacial score (nSPS) is 18.6. The third-order valence-electron chi connectivity index (χ3n) is 3.75. The molecule has 108 valence electrons. The summed E-state index contributed by atoms with van der Waals surface area (Å²) < 4.78 is 0. The van der Waals surface area contributed by atoms with Crippen LogP contribution in [0.2, 0.25) is 0 Å². The van der Waals surface area contributed by atoms with E-state index in [9.17, 15) is 0 Å². The SMILES string of the molecule is CC(C)CN(Cc1ccc(C#N)cc1)CC1CCCN1. The fourth-order valence-corrected chi connectivity index (χ4v) is 2.89. The lowest BCUT2D eigenvalue weighted by Gasteiger charge is -2.27. The van der Waals surface area contributed by atoms with Gasteiger partial charge in [0.05, 0.1) is 11.6 Å². The van der Waals surface area contributed by atoms with Crippen molar-refractivity contribution >= 4 is 0 Å². The molecule has 20 heavy (non-hydrogen) atoms. The predicted octanol–water partition coefficient (Wildman–Crippen LogP) is 2.77. The van der Waals surface area contributed by atoms with Gasteiger partial charge in [-0.05, 0) is 43.0 Å². The zero-order chi connectivity index (χ0) is 14.4. The van der Waals surface area contributed by atoms with Crippen LogP contribution < -0.4 is 5.32 Å². The van der Waals surface area contributed by atoms with E-state index in [2.05, 4.69) is 42.3 Å². The second-order valence-electron chi connectivity index (χ2n) is 6.19. The van der Waals surface area contributed by atoms with Crippen molar-refractivity contribution in [2.75, 3.05) is 19.6 Å². The summed E-state index contributed by atoms with van der Waals surface area (Å²) in [7, 11) is 0. The Morgan fingerprint density at radius 1 is 1.35 bits per heavy atom. The van der Waals surface area contributed by atoms with Crippen LogP contribution in [0.15, 0.2) is 24.3 Å². The second kappa shape index (κ2) is 7.42. The van der Waals surface area contributed by atoms with Gasteiger partial charge in [0.15, 0.2) is 0 Å². The molecule has 1 fully saturated rings. The van der Waals surface area contributed by atoms with E-state index in [-0.39, 0.29) is 0 Å². The van der Waals surface area contributed by atoms with Crippen LogP contribution in [-0.2, 0) is 6.54 Å². The van der Waals surface area contributed by atoms with Crippen LogP contribution >= 0.6 is 0 Å². The highest BCUT2D eigenvalue weighted by Crippen LogP contribution is 2.13. The first-order valence-electron chi connectivity index (χ1n) is 7.62. The smallest absolute Gasteiger partial charge is 0.0991 e. The number of benzene rings is 1. The maximum absolute atomic E-state index is 8.85. The Hall–Kier alpha value is -1.37. The Bertz CT molecular complexity index is 438. The standard InChI is InChI=1S/C17H25N3/c1-14(2)11-20(13-17-4-3-9-19-17)12-16-7-5-15(10-18)6-8-16/h5-8,14,17,19H,3-4,9,11-13H2,1-2H3. The fraction of sp³-hybridized carbons (Fsp3) is 0.588. The topological polar surface area (TPSA) is 39.1 Å². The molecule has 1 aromatic carbocycles. The van der Waals surface area contributed by atoms with Crippen LogP contribution in [-0.4, -0.2) is 30.6 Å². The summed E-state index contributed by atoms with van der Waals surface area (Å²) in [5, 5.41) is 12.4. The molecule has 0 spiro atoms. The highest BCUT2D eigenvalue weighted by Gasteiger charge is 2.18. The van der Waals surface area contributed by atoms with Gasteiger partial charge in [0.1, 0.15) is 0 Å². The lowest BCUT2D eigenvalue weighted by Crippen LogP contribution is -2.38. The molecule has 1 unspecified atom stereocenters. The van der Waals surface area contributed by atoms with Crippen LogP contribution in [0.1, 0.15) is 37.8 Å². The largest absolute Gasteiger partial charge is 0.313 e. The van der Waals surface area contributed by atoms with Crippen molar-refractivity contribution < 1.29 is 0 Å². The molecule has 1 saturated heterocycles. The Morgan fingerprint density at radius 3 is 2.65 bits per heavy atom. The Balaban J connectivity index is 1.96. The molecule has 1 aliphatic rings. The van der Waals surface area contributed by atoms with Gasteiger partial charge in [-0.1, -0.05) is 26.0 Å². The van der Waals surface area contributed by atoms with E-state index in [1.54, 1.807) is 0 Å². The van der Waals surface area contributed by atoms with Gasteiger partial charge in [-0.15, -0.1) is 0 Å². The van der Waals surface area contributed by atoms with Gasteiger partial charge in [-0.2, -0.15) is 5.26 Å². The van der Waals surface area contributed by atoms with Crippen LogP contribution in [0.25, 0.3) is 0 Å². The molecule has 1 heterocycles. The van der Waals surface area contributed by atoms with Gasteiger partial charge in [0, 0.05) is 25.7 Å². The van der Waals surface area contributed by atoms with Crippen molar-refractivity contribution in [2.45, 2.75) is 39.3 Å². The van der Waals surface area contributed by atoms with Crippen molar-refractivity contribution in [3.63, 3.8) is 0 Å². The number of rotatable bonds is 6. The van der Waals surface area contributed by atoms with E-state index in [1.165, 1.54) is 18.4 Å². The van der Waals surface area contributed by atoms with E-state index in [0.717, 1.165) is 31.7 Å². The Labute approximate surface area is 122 Å². The van der Waals surface area contributed by atoms with Gasteiger partial charge in [-0.3, -0.25) is 4.90 Å². The van der Waals surface area contributed by atoms with Crippen LogP contribution in [0.3, 0.4) is 0 Å². The molecule has 1 N–H and O–H groups in total. The summed E-state index contributed by atoms with van der Waals surface area (Å²) in [6, 6.07) is 10.8. The minimum atomic E-state index is 0.645. The predicted molar refractivity (Wildman–Crippen MR) is 82.3 cm³/mol. The molecule has 3 nitrogen and oxygen atoms in total. The van der Waals surface area contributed by atoms with Crippen LogP contribution in [0.4, 0.5) is 0 Å². The summed E-state index contributed by atoms with van der Waals surface area (Å²) in [4.78, 5) is 2.54. The summed E-state index contributed by atoms with van der Waals surface area (Å²) in [6.45, 7) is 8.93. The molecule has 2 rings (SSSR count). The maximum Gasteiger partial charge on any atom is 0.0991 e. The molecule has 1 aromatic rings. The molecule has 0 aromatic heterocycles. The van der Waals surface area contributed by atoms with E-state index < -0.39 is 0 Å².